The molecule has 1 unspecified atom stereocenters. The van der Waals surface area contributed by atoms with Crippen LogP contribution in [0, 0.1) is 6.92 Å². The van der Waals surface area contributed by atoms with Crippen LogP contribution in [0.15, 0.2) is 58.5 Å². The lowest BCUT2D eigenvalue weighted by Gasteiger charge is -2.26. The first kappa shape index (κ1) is 22.6. The highest BCUT2D eigenvalue weighted by Gasteiger charge is 2.30. The largest absolute Gasteiger partial charge is 0.341 e. The van der Waals surface area contributed by atoms with Crippen molar-refractivity contribution in [3.05, 3.63) is 75.3 Å². The molecule has 9 nitrogen and oxygen atoms in total. The molecule has 0 saturated carbocycles. The molecule has 0 spiro atoms. The maximum Gasteiger partial charge on any atom is 0.281 e. The van der Waals surface area contributed by atoms with Gasteiger partial charge in [-0.05, 0) is 43.7 Å². The van der Waals surface area contributed by atoms with Crippen molar-refractivity contribution in [2.75, 3.05) is 11.4 Å². The van der Waals surface area contributed by atoms with Crippen LogP contribution in [0.1, 0.15) is 18.2 Å². The number of pyridine rings is 1. The number of rotatable bonds is 7. The normalized spacial score (nSPS) is 16.2. The van der Waals surface area contributed by atoms with Crippen LogP contribution in [0.25, 0.3) is 0 Å². The van der Waals surface area contributed by atoms with Gasteiger partial charge >= 0.3 is 0 Å². The van der Waals surface area contributed by atoms with Crippen LogP contribution in [0.2, 0.25) is 5.02 Å². The third-order valence-electron chi connectivity index (χ3n) is 4.81. The number of nitrogens with zero attached hydrogens (tertiary/aromatic N) is 3. The summed E-state index contributed by atoms with van der Waals surface area (Å²) in [4.78, 5) is 30.0. The number of aromatic nitrogens is 1. The van der Waals surface area contributed by atoms with Crippen LogP contribution < -0.4 is 15.6 Å². The number of aryl methyl sites for hydroxylation is 1. The Hall–Kier alpha value is -3.11. The van der Waals surface area contributed by atoms with Crippen molar-refractivity contribution in [1.29, 1.82) is 0 Å². The maximum atomic E-state index is 13.2. The fourth-order valence-electron chi connectivity index (χ4n) is 3.12. The smallest absolute Gasteiger partial charge is 0.281 e. The molecule has 3 rings (SSSR count). The quantitative estimate of drug-likeness (QED) is 0.609. The lowest BCUT2D eigenvalue weighted by Crippen LogP contribution is -2.47. The number of sulfonamides is 1. The minimum Gasteiger partial charge on any atom is -0.341 e. The molecule has 1 atom stereocenters. The van der Waals surface area contributed by atoms with Gasteiger partial charge in [0.2, 0.25) is 22.4 Å². The van der Waals surface area contributed by atoms with Crippen molar-refractivity contribution in [3.8, 4) is 0 Å². The first-order valence-corrected chi connectivity index (χ1v) is 11.3. The average molecular weight is 464 g/mol. The lowest BCUT2D eigenvalue weighted by molar-refractivity contribution is -0.109. The van der Waals surface area contributed by atoms with Crippen molar-refractivity contribution in [1.82, 2.24) is 14.8 Å². The Morgan fingerprint density at radius 2 is 1.90 bits per heavy atom. The van der Waals surface area contributed by atoms with Crippen molar-refractivity contribution in [3.63, 3.8) is 0 Å². The second-order valence-corrected chi connectivity index (χ2v) is 9.20. The first-order chi connectivity index (χ1) is 14.6. The van der Waals surface area contributed by atoms with Gasteiger partial charge in [0.1, 0.15) is 5.69 Å². The number of benzene rings is 1. The molecule has 0 aliphatic carbocycles. The summed E-state index contributed by atoms with van der Waals surface area (Å²) in [5.41, 5.74) is 0.887. The number of halogens is 1. The van der Waals surface area contributed by atoms with E-state index in [1.165, 1.54) is 10.6 Å². The Kier molecular flexibility index (Phi) is 6.51. The number of anilines is 1. The predicted molar refractivity (Wildman–Crippen MR) is 120 cm³/mol. The van der Waals surface area contributed by atoms with Gasteiger partial charge in [0, 0.05) is 10.7 Å². The van der Waals surface area contributed by atoms with E-state index in [1.807, 2.05) is 6.92 Å². The van der Waals surface area contributed by atoms with Gasteiger partial charge in [-0.1, -0.05) is 30.3 Å². The van der Waals surface area contributed by atoms with E-state index < -0.39 is 15.6 Å². The van der Waals surface area contributed by atoms with Crippen LogP contribution in [-0.4, -0.2) is 43.0 Å². The van der Waals surface area contributed by atoms with Crippen LogP contribution in [0.3, 0.4) is 0 Å². The molecule has 1 aliphatic heterocycles. The van der Waals surface area contributed by atoms with E-state index in [4.69, 9.17) is 11.6 Å². The van der Waals surface area contributed by atoms with E-state index in [2.05, 4.69) is 21.6 Å². The second-order valence-electron chi connectivity index (χ2n) is 7.05. The van der Waals surface area contributed by atoms with Crippen LogP contribution in [0.4, 0.5) is 5.69 Å². The summed E-state index contributed by atoms with van der Waals surface area (Å²) in [6.45, 7) is 7.53. The standard InChI is InChI=1S/C20H22ClN5O4S/c1-13-4-9-18(24-31(29,30)10-16-5-7-17(21)8-6-16)19(28)26(13)20-23-14(2)15(3)25(20)11-22-12-27/h4-9,12,15,24H,2,10-11H2,1,3H3,(H,22,27). The van der Waals surface area contributed by atoms with E-state index in [0.29, 0.717) is 28.4 Å². The van der Waals surface area contributed by atoms with E-state index in [-0.39, 0.29) is 30.1 Å². The van der Waals surface area contributed by atoms with E-state index in [1.54, 1.807) is 42.2 Å². The third kappa shape index (κ3) is 4.97. The van der Waals surface area contributed by atoms with Gasteiger partial charge in [-0.15, -0.1) is 0 Å². The number of nitrogens with one attached hydrogen (secondary N) is 2. The van der Waals surface area contributed by atoms with Crippen molar-refractivity contribution in [2.45, 2.75) is 25.6 Å². The highest BCUT2D eigenvalue weighted by molar-refractivity contribution is 7.91. The summed E-state index contributed by atoms with van der Waals surface area (Å²) >= 11 is 5.84. The van der Waals surface area contributed by atoms with Crippen LogP contribution in [-0.2, 0) is 20.6 Å². The van der Waals surface area contributed by atoms with E-state index >= 15 is 0 Å². The van der Waals surface area contributed by atoms with Crippen molar-refractivity contribution < 1.29 is 13.2 Å². The summed E-state index contributed by atoms with van der Waals surface area (Å²) in [7, 11) is -3.86. The zero-order valence-corrected chi connectivity index (χ0v) is 18.6. The number of carbonyl (C=O) groups is 1. The molecule has 2 heterocycles. The molecule has 31 heavy (non-hydrogen) atoms. The molecule has 164 valence electrons. The van der Waals surface area contributed by atoms with Gasteiger partial charge in [-0.3, -0.25) is 14.3 Å². The Morgan fingerprint density at radius 3 is 2.55 bits per heavy atom. The van der Waals surface area contributed by atoms with Crippen molar-refractivity contribution >= 4 is 39.7 Å². The highest BCUT2D eigenvalue weighted by Crippen LogP contribution is 2.21. The van der Waals surface area contributed by atoms with Gasteiger partial charge in [0.25, 0.3) is 5.56 Å². The molecule has 1 aromatic heterocycles. The second kappa shape index (κ2) is 8.94. The lowest BCUT2D eigenvalue weighted by atomic mass is 10.2. The Bertz CT molecular complexity index is 1210. The minimum atomic E-state index is -3.86. The topological polar surface area (TPSA) is 113 Å². The van der Waals surface area contributed by atoms with Gasteiger partial charge < -0.3 is 10.2 Å². The Labute approximate surface area is 185 Å². The Balaban J connectivity index is 1.94. The number of hydrogen-bond acceptors (Lipinski definition) is 6. The van der Waals surface area contributed by atoms with Gasteiger partial charge in [0.15, 0.2) is 0 Å². The molecular weight excluding hydrogens is 442 g/mol. The SMILES string of the molecule is C=C1N=C(n2c(C)ccc(NS(=O)(=O)Cc3ccc(Cl)cc3)c2=O)N(CNC=O)C1C. The molecule has 2 N–H and O–H groups in total. The van der Waals surface area contributed by atoms with Gasteiger partial charge in [-0.25, -0.2) is 18.0 Å². The van der Waals surface area contributed by atoms with Gasteiger partial charge in [0.05, 0.1) is 24.2 Å². The Morgan fingerprint density at radius 1 is 1.23 bits per heavy atom. The van der Waals surface area contributed by atoms with Gasteiger partial charge in [-0.2, -0.15) is 0 Å². The number of amides is 1. The number of carbonyl (C=O) groups excluding carboxylic acids is 1. The van der Waals surface area contributed by atoms with E-state index in [0.717, 1.165) is 0 Å². The maximum absolute atomic E-state index is 13.2. The summed E-state index contributed by atoms with van der Waals surface area (Å²) in [5, 5.41) is 3.05. The molecular formula is C20H22ClN5O4S. The number of aliphatic imine (C=N–C) groups is 1. The summed E-state index contributed by atoms with van der Waals surface area (Å²) < 4.78 is 28.9. The fraction of sp³-hybridized carbons (Fsp3) is 0.250. The van der Waals surface area contributed by atoms with Crippen molar-refractivity contribution in [2.24, 2.45) is 4.99 Å². The third-order valence-corrected chi connectivity index (χ3v) is 6.30. The number of hydrogen-bond donors (Lipinski definition) is 2. The van der Waals surface area contributed by atoms with Crippen LogP contribution >= 0.6 is 11.6 Å². The van der Waals surface area contributed by atoms with Crippen LogP contribution in [0.5, 0.6) is 0 Å². The average Bonchev–Trinajstić information content (AvgIpc) is 2.98. The monoisotopic (exact) mass is 463 g/mol. The summed E-state index contributed by atoms with van der Waals surface area (Å²) in [6, 6.07) is 9.18. The molecule has 0 radical (unpaired) electrons. The zero-order valence-electron chi connectivity index (χ0n) is 17.0. The molecule has 0 bridgehead atoms. The summed E-state index contributed by atoms with van der Waals surface area (Å²) in [5.74, 6) is -0.0603. The highest BCUT2D eigenvalue weighted by atomic mass is 35.5. The minimum absolute atomic E-state index is 0.112. The van der Waals surface area contributed by atoms with E-state index in [9.17, 15) is 18.0 Å². The summed E-state index contributed by atoms with van der Waals surface area (Å²) in [6.07, 6.45) is 0.544. The molecule has 1 aromatic carbocycles. The molecule has 0 fully saturated rings. The fourth-order valence-corrected chi connectivity index (χ4v) is 4.44. The first-order valence-electron chi connectivity index (χ1n) is 9.32. The molecule has 1 amide bonds. The zero-order chi connectivity index (χ0) is 22.8. The molecule has 11 heteroatoms. The molecule has 0 saturated heterocycles. The predicted octanol–water partition coefficient (Wildman–Crippen LogP) is 1.88. The molecule has 1 aliphatic rings. The molecule has 2 aromatic rings.